The average Bonchev–Trinajstić information content (AvgIpc) is 2.34. The van der Waals surface area contributed by atoms with Crippen LogP contribution in [0.1, 0.15) is 38.8 Å². The monoisotopic (exact) mass is 253 g/mol. The molecule has 0 saturated heterocycles. The zero-order valence-electron chi connectivity index (χ0n) is 11.0. The van der Waals surface area contributed by atoms with E-state index in [9.17, 15) is 0 Å². The number of thioether (sulfide) groups is 1. The molecule has 1 atom stereocenters. The molecule has 0 saturated carbocycles. The molecule has 17 heavy (non-hydrogen) atoms. The van der Waals surface area contributed by atoms with Crippen LogP contribution in [0.25, 0.3) is 0 Å². The summed E-state index contributed by atoms with van der Waals surface area (Å²) in [6.07, 6.45) is 1.03. The summed E-state index contributed by atoms with van der Waals surface area (Å²) in [7, 11) is 0. The first-order valence-electron chi connectivity index (χ1n) is 6.23. The van der Waals surface area contributed by atoms with Crippen molar-refractivity contribution in [3.05, 3.63) is 29.8 Å². The lowest BCUT2D eigenvalue weighted by Crippen LogP contribution is -2.14. The molecule has 2 N–H and O–H groups in total. The minimum absolute atomic E-state index is 0.114. The number of nitrogens with two attached hydrogens (primary N) is 1. The SMILES string of the molecule is CCCOc1ccc(C(N)CSC(C)C)cc1. The number of benzene rings is 1. The Morgan fingerprint density at radius 3 is 2.41 bits per heavy atom. The van der Waals surface area contributed by atoms with Crippen LogP contribution in [-0.4, -0.2) is 17.6 Å². The van der Waals surface area contributed by atoms with E-state index in [4.69, 9.17) is 10.5 Å². The van der Waals surface area contributed by atoms with E-state index in [1.807, 2.05) is 23.9 Å². The Balaban J connectivity index is 2.48. The maximum atomic E-state index is 6.13. The van der Waals surface area contributed by atoms with Gasteiger partial charge in [0.1, 0.15) is 5.75 Å². The Morgan fingerprint density at radius 1 is 1.24 bits per heavy atom. The summed E-state index contributed by atoms with van der Waals surface area (Å²) in [5, 5.41) is 0.633. The standard InChI is InChI=1S/C14H23NOS/c1-4-9-16-13-7-5-12(6-8-13)14(15)10-17-11(2)3/h5-8,11,14H,4,9-10,15H2,1-3H3. The van der Waals surface area contributed by atoms with E-state index in [-0.39, 0.29) is 6.04 Å². The van der Waals surface area contributed by atoms with E-state index < -0.39 is 0 Å². The van der Waals surface area contributed by atoms with Crippen molar-refractivity contribution in [2.45, 2.75) is 38.5 Å². The van der Waals surface area contributed by atoms with Crippen molar-refractivity contribution in [2.24, 2.45) is 5.73 Å². The second kappa shape index (κ2) is 7.62. The van der Waals surface area contributed by atoms with Gasteiger partial charge in [0.2, 0.25) is 0 Å². The van der Waals surface area contributed by atoms with Gasteiger partial charge in [0.15, 0.2) is 0 Å². The van der Waals surface area contributed by atoms with Crippen LogP contribution in [0.2, 0.25) is 0 Å². The van der Waals surface area contributed by atoms with E-state index in [1.165, 1.54) is 5.56 Å². The third-order valence-electron chi connectivity index (χ3n) is 2.39. The van der Waals surface area contributed by atoms with Crippen molar-refractivity contribution >= 4 is 11.8 Å². The lowest BCUT2D eigenvalue weighted by atomic mass is 10.1. The van der Waals surface area contributed by atoms with Gasteiger partial charge in [0, 0.05) is 11.8 Å². The van der Waals surface area contributed by atoms with E-state index in [0.29, 0.717) is 5.25 Å². The fraction of sp³-hybridized carbons (Fsp3) is 0.571. The smallest absolute Gasteiger partial charge is 0.119 e. The third kappa shape index (κ3) is 5.46. The van der Waals surface area contributed by atoms with E-state index in [1.54, 1.807) is 0 Å². The van der Waals surface area contributed by atoms with Gasteiger partial charge in [-0.15, -0.1) is 0 Å². The zero-order chi connectivity index (χ0) is 12.7. The summed E-state index contributed by atoms with van der Waals surface area (Å²) in [6, 6.07) is 8.26. The van der Waals surface area contributed by atoms with Crippen LogP contribution in [0.15, 0.2) is 24.3 Å². The summed E-state index contributed by atoms with van der Waals surface area (Å²) in [5.74, 6) is 1.90. The maximum Gasteiger partial charge on any atom is 0.119 e. The average molecular weight is 253 g/mol. The number of hydrogen-bond acceptors (Lipinski definition) is 3. The fourth-order valence-electron chi connectivity index (χ4n) is 1.42. The summed E-state index contributed by atoms with van der Waals surface area (Å²) >= 11 is 1.90. The highest BCUT2D eigenvalue weighted by molar-refractivity contribution is 7.99. The number of hydrogen-bond donors (Lipinski definition) is 1. The summed E-state index contributed by atoms with van der Waals surface area (Å²) in [4.78, 5) is 0. The summed E-state index contributed by atoms with van der Waals surface area (Å²) < 4.78 is 5.54. The Bertz CT molecular complexity index is 311. The molecule has 1 unspecified atom stereocenters. The van der Waals surface area contributed by atoms with Crippen molar-refractivity contribution in [1.82, 2.24) is 0 Å². The molecule has 2 nitrogen and oxygen atoms in total. The van der Waals surface area contributed by atoms with Gasteiger partial charge in [-0.1, -0.05) is 32.9 Å². The van der Waals surface area contributed by atoms with Crippen LogP contribution in [0.3, 0.4) is 0 Å². The molecule has 0 fully saturated rings. The van der Waals surface area contributed by atoms with Crippen LogP contribution in [0.4, 0.5) is 0 Å². The number of rotatable bonds is 7. The van der Waals surface area contributed by atoms with Gasteiger partial charge in [-0.05, 0) is 29.4 Å². The molecule has 1 rings (SSSR count). The molecule has 0 aliphatic carbocycles. The van der Waals surface area contributed by atoms with Crippen LogP contribution in [-0.2, 0) is 0 Å². The van der Waals surface area contributed by atoms with Crippen molar-refractivity contribution in [1.29, 1.82) is 0 Å². The van der Waals surface area contributed by atoms with Crippen molar-refractivity contribution in [3.8, 4) is 5.75 Å². The lowest BCUT2D eigenvalue weighted by molar-refractivity contribution is 0.317. The second-order valence-corrected chi connectivity index (χ2v) is 6.02. The van der Waals surface area contributed by atoms with Crippen molar-refractivity contribution in [3.63, 3.8) is 0 Å². The molecule has 3 heteroatoms. The van der Waals surface area contributed by atoms with E-state index in [0.717, 1.165) is 24.5 Å². The highest BCUT2D eigenvalue weighted by atomic mass is 32.2. The second-order valence-electron chi connectivity index (χ2n) is 4.41. The van der Waals surface area contributed by atoms with Crippen LogP contribution >= 0.6 is 11.8 Å². The molecule has 0 radical (unpaired) electrons. The quantitative estimate of drug-likeness (QED) is 0.806. The molecule has 0 heterocycles. The van der Waals surface area contributed by atoms with Gasteiger partial charge in [0.25, 0.3) is 0 Å². The molecular formula is C14H23NOS. The topological polar surface area (TPSA) is 35.2 Å². The highest BCUT2D eigenvalue weighted by Crippen LogP contribution is 2.21. The predicted molar refractivity (Wildman–Crippen MR) is 76.8 cm³/mol. The Hall–Kier alpha value is -0.670. The Labute approximate surface area is 109 Å². The van der Waals surface area contributed by atoms with Gasteiger partial charge in [0.05, 0.1) is 6.61 Å². The first-order valence-corrected chi connectivity index (χ1v) is 7.28. The molecule has 1 aromatic carbocycles. The normalized spacial score (nSPS) is 12.8. The summed E-state index contributed by atoms with van der Waals surface area (Å²) in [6.45, 7) is 7.26. The van der Waals surface area contributed by atoms with Gasteiger partial charge < -0.3 is 10.5 Å². The van der Waals surface area contributed by atoms with E-state index in [2.05, 4.69) is 32.9 Å². The minimum atomic E-state index is 0.114. The summed E-state index contributed by atoms with van der Waals surface area (Å²) in [5.41, 5.74) is 7.31. The Kier molecular flexibility index (Phi) is 6.45. The third-order valence-corrected chi connectivity index (χ3v) is 3.61. The fourth-order valence-corrected chi connectivity index (χ4v) is 2.21. The minimum Gasteiger partial charge on any atom is -0.494 e. The van der Waals surface area contributed by atoms with Gasteiger partial charge in [-0.3, -0.25) is 0 Å². The van der Waals surface area contributed by atoms with Gasteiger partial charge >= 0.3 is 0 Å². The highest BCUT2D eigenvalue weighted by Gasteiger charge is 2.07. The van der Waals surface area contributed by atoms with E-state index >= 15 is 0 Å². The Morgan fingerprint density at radius 2 is 1.88 bits per heavy atom. The van der Waals surface area contributed by atoms with Crippen LogP contribution in [0, 0.1) is 0 Å². The molecule has 0 amide bonds. The molecular weight excluding hydrogens is 230 g/mol. The number of ether oxygens (including phenoxy) is 1. The molecule has 0 aliphatic rings. The van der Waals surface area contributed by atoms with Crippen LogP contribution < -0.4 is 10.5 Å². The predicted octanol–water partition coefficient (Wildman–Crippen LogP) is 3.62. The molecule has 0 aromatic heterocycles. The molecule has 0 spiro atoms. The molecule has 0 bridgehead atoms. The van der Waals surface area contributed by atoms with Crippen molar-refractivity contribution < 1.29 is 4.74 Å². The maximum absolute atomic E-state index is 6.13. The first kappa shape index (κ1) is 14.4. The first-order chi connectivity index (χ1) is 8.13. The largest absolute Gasteiger partial charge is 0.494 e. The molecule has 96 valence electrons. The zero-order valence-corrected chi connectivity index (χ0v) is 11.8. The molecule has 0 aliphatic heterocycles. The van der Waals surface area contributed by atoms with Crippen molar-refractivity contribution in [2.75, 3.05) is 12.4 Å². The van der Waals surface area contributed by atoms with Gasteiger partial charge in [-0.25, -0.2) is 0 Å². The molecule has 1 aromatic rings. The van der Waals surface area contributed by atoms with Gasteiger partial charge in [-0.2, -0.15) is 11.8 Å². The lowest BCUT2D eigenvalue weighted by Gasteiger charge is -2.14. The van der Waals surface area contributed by atoms with Crippen LogP contribution in [0.5, 0.6) is 5.75 Å².